The SMILES string of the molecule is COc1cc(/C=C/C(=O)c2cc3c(cc2OCCN2CCCC2)OCO3)cc(OC)c1OC. The molecule has 33 heavy (non-hydrogen) atoms. The quantitative estimate of drug-likeness (QED) is 0.396. The van der Waals surface area contributed by atoms with Gasteiger partial charge < -0.3 is 28.4 Å². The van der Waals surface area contributed by atoms with Gasteiger partial charge in [0.1, 0.15) is 12.4 Å². The van der Waals surface area contributed by atoms with Crippen molar-refractivity contribution >= 4 is 11.9 Å². The number of ketones is 1. The van der Waals surface area contributed by atoms with E-state index in [0.717, 1.165) is 25.2 Å². The van der Waals surface area contributed by atoms with Crippen molar-refractivity contribution in [2.24, 2.45) is 0 Å². The van der Waals surface area contributed by atoms with E-state index >= 15 is 0 Å². The van der Waals surface area contributed by atoms with Crippen LogP contribution in [0.1, 0.15) is 28.8 Å². The Balaban J connectivity index is 1.55. The molecule has 2 heterocycles. The third-order valence-corrected chi connectivity index (χ3v) is 5.72. The Morgan fingerprint density at radius 2 is 1.61 bits per heavy atom. The minimum absolute atomic E-state index is 0.126. The third kappa shape index (κ3) is 5.17. The molecule has 0 bridgehead atoms. The van der Waals surface area contributed by atoms with Gasteiger partial charge in [-0.1, -0.05) is 6.08 Å². The van der Waals surface area contributed by atoms with E-state index in [1.165, 1.54) is 18.9 Å². The second-order valence-electron chi connectivity index (χ2n) is 7.76. The highest BCUT2D eigenvalue weighted by molar-refractivity contribution is 6.09. The number of allylic oxidation sites excluding steroid dienone is 1. The van der Waals surface area contributed by atoms with Crippen LogP contribution in [0.3, 0.4) is 0 Å². The van der Waals surface area contributed by atoms with Gasteiger partial charge in [0, 0.05) is 12.6 Å². The summed E-state index contributed by atoms with van der Waals surface area (Å²) in [6.45, 7) is 3.63. The molecule has 2 aromatic rings. The number of nitrogens with zero attached hydrogens (tertiary/aromatic N) is 1. The summed E-state index contributed by atoms with van der Waals surface area (Å²) in [5.41, 5.74) is 1.15. The highest BCUT2D eigenvalue weighted by Crippen LogP contribution is 2.40. The lowest BCUT2D eigenvalue weighted by molar-refractivity contribution is 0.104. The number of hydrogen-bond donors (Lipinski definition) is 0. The standard InChI is InChI=1S/C25H29NO7/c1-28-23-12-17(13-24(29-2)25(23)30-3)6-7-19(27)18-14-21-22(33-16-32-21)15-20(18)31-11-10-26-8-4-5-9-26/h6-7,12-15H,4-5,8-11,16H2,1-3H3/b7-6+. The number of ether oxygens (including phenoxy) is 6. The predicted octanol–water partition coefficient (Wildman–Crippen LogP) is 3.81. The van der Waals surface area contributed by atoms with Crippen molar-refractivity contribution in [2.75, 3.05) is 54.4 Å². The van der Waals surface area contributed by atoms with Gasteiger partial charge in [0.25, 0.3) is 0 Å². The molecular weight excluding hydrogens is 426 g/mol. The summed E-state index contributed by atoms with van der Waals surface area (Å²) in [6.07, 6.45) is 5.63. The van der Waals surface area contributed by atoms with Gasteiger partial charge in [0.05, 0.1) is 26.9 Å². The zero-order valence-electron chi connectivity index (χ0n) is 19.2. The lowest BCUT2D eigenvalue weighted by Crippen LogP contribution is -2.25. The van der Waals surface area contributed by atoms with Crippen molar-refractivity contribution < 1.29 is 33.2 Å². The maximum Gasteiger partial charge on any atom is 0.231 e. The number of methoxy groups -OCH3 is 3. The van der Waals surface area contributed by atoms with Crippen molar-refractivity contribution in [3.8, 4) is 34.5 Å². The molecule has 1 fully saturated rings. The number of benzene rings is 2. The average Bonchev–Trinajstić information content (AvgIpc) is 3.53. The first-order chi connectivity index (χ1) is 16.1. The zero-order valence-corrected chi connectivity index (χ0v) is 19.2. The molecule has 0 spiro atoms. The molecule has 0 aromatic heterocycles. The molecule has 2 aliphatic heterocycles. The van der Waals surface area contributed by atoms with Crippen LogP contribution < -0.4 is 28.4 Å². The number of carbonyl (C=O) groups is 1. The molecule has 0 atom stereocenters. The lowest BCUT2D eigenvalue weighted by Gasteiger charge is -2.16. The predicted molar refractivity (Wildman–Crippen MR) is 123 cm³/mol. The van der Waals surface area contributed by atoms with Crippen molar-refractivity contribution in [1.29, 1.82) is 0 Å². The van der Waals surface area contributed by atoms with Gasteiger partial charge in [-0.15, -0.1) is 0 Å². The first kappa shape index (κ1) is 22.8. The zero-order chi connectivity index (χ0) is 23.2. The molecule has 8 heteroatoms. The smallest absolute Gasteiger partial charge is 0.231 e. The van der Waals surface area contributed by atoms with Crippen LogP contribution in [-0.2, 0) is 0 Å². The lowest BCUT2D eigenvalue weighted by atomic mass is 10.1. The van der Waals surface area contributed by atoms with Gasteiger partial charge >= 0.3 is 0 Å². The molecule has 1 saturated heterocycles. The molecule has 2 aliphatic rings. The van der Waals surface area contributed by atoms with Gasteiger partial charge in [-0.05, 0) is 55.8 Å². The van der Waals surface area contributed by atoms with Crippen molar-refractivity contribution in [2.45, 2.75) is 12.8 Å². The van der Waals surface area contributed by atoms with E-state index in [-0.39, 0.29) is 12.6 Å². The van der Waals surface area contributed by atoms with Crippen LogP contribution in [-0.4, -0.2) is 65.0 Å². The van der Waals surface area contributed by atoms with Gasteiger partial charge in [-0.25, -0.2) is 0 Å². The van der Waals surface area contributed by atoms with Crippen LogP contribution in [0, 0.1) is 0 Å². The highest BCUT2D eigenvalue weighted by atomic mass is 16.7. The van der Waals surface area contributed by atoms with E-state index < -0.39 is 0 Å². The largest absolute Gasteiger partial charge is 0.493 e. The van der Waals surface area contributed by atoms with Crippen LogP contribution in [0.5, 0.6) is 34.5 Å². The van der Waals surface area contributed by atoms with Crippen LogP contribution in [0.4, 0.5) is 0 Å². The fourth-order valence-corrected chi connectivity index (χ4v) is 3.99. The van der Waals surface area contributed by atoms with E-state index in [4.69, 9.17) is 28.4 Å². The summed E-state index contributed by atoms with van der Waals surface area (Å²) >= 11 is 0. The summed E-state index contributed by atoms with van der Waals surface area (Å²) in [4.78, 5) is 15.5. The van der Waals surface area contributed by atoms with E-state index in [2.05, 4.69) is 4.90 Å². The van der Waals surface area contributed by atoms with Crippen molar-refractivity contribution in [1.82, 2.24) is 4.90 Å². The molecule has 0 radical (unpaired) electrons. The fraction of sp³-hybridized carbons (Fsp3) is 0.400. The molecule has 0 amide bonds. The fourth-order valence-electron chi connectivity index (χ4n) is 3.99. The monoisotopic (exact) mass is 455 g/mol. The van der Waals surface area contributed by atoms with Gasteiger partial charge in [-0.2, -0.15) is 0 Å². The summed E-state index contributed by atoms with van der Waals surface area (Å²) in [5, 5.41) is 0. The first-order valence-electron chi connectivity index (χ1n) is 10.9. The second kappa shape index (κ2) is 10.5. The van der Waals surface area contributed by atoms with E-state index in [1.54, 1.807) is 51.7 Å². The summed E-state index contributed by atoms with van der Waals surface area (Å²) in [5.74, 6) is 2.91. The first-order valence-corrected chi connectivity index (χ1v) is 10.9. The molecule has 176 valence electrons. The molecular formula is C25H29NO7. The van der Waals surface area contributed by atoms with E-state index in [9.17, 15) is 4.79 Å². The highest BCUT2D eigenvalue weighted by Gasteiger charge is 2.22. The molecule has 0 N–H and O–H groups in total. The minimum atomic E-state index is -0.210. The maximum atomic E-state index is 13.1. The Kier molecular flexibility index (Phi) is 7.24. The molecule has 8 nitrogen and oxygen atoms in total. The van der Waals surface area contributed by atoms with Crippen LogP contribution in [0.2, 0.25) is 0 Å². The number of hydrogen-bond acceptors (Lipinski definition) is 8. The van der Waals surface area contributed by atoms with Gasteiger partial charge in [-0.3, -0.25) is 9.69 Å². The number of fused-ring (bicyclic) bond motifs is 1. The van der Waals surface area contributed by atoms with E-state index in [1.807, 2.05) is 0 Å². The van der Waals surface area contributed by atoms with Crippen LogP contribution in [0.15, 0.2) is 30.3 Å². The summed E-state index contributed by atoms with van der Waals surface area (Å²) in [7, 11) is 4.65. The Morgan fingerprint density at radius 1 is 0.939 bits per heavy atom. The molecule has 2 aromatic carbocycles. The Morgan fingerprint density at radius 3 is 2.24 bits per heavy atom. The Labute approximate surface area is 193 Å². The number of carbonyl (C=O) groups excluding carboxylic acids is 1. The van der Waals surface area contributed by atoms with Gasteiger partial charge in [0.15, 0.2) is 28.8 Å². The van der Waals surface area contributed by atoms with Crippen molar-refractivity contribution in [3.63, 3.8) is 0 Å². The normalized spacial score (nSPS) is 15.1. The van der Waals surface area contributed by atoms with E-state index in [0.29, 0.717) is 46.7 Å². The molecule has 0 aliphatic carbocycles. The topological polar surface area (TPSA) is 75.7 Å². The number of likely N-dealkylation sites (tertiary alicyclic amines) is 1. The summed E-state index contributed by atoms with van der Waals surface area (Å²) in [6, 6.07) is 6.96. The van der Waals surface area contributed by atoms with Crippen molar-refractivity contribution in [3.05, 3.63) is 41.5 Å². The Bertz CT molecular complexity index is 1000. The van der Waals surface area contributed by atoms with Crippen LogP contribution in [0.25, 0.3) is 6.08 Å². The summed E-state index contributed by atoms with van der Waals surface area (Å²) < 4.78 is 33.1. The van der Waals surface area contributed by atoms with Crippen LogP contribution >= 0.6 is 0 Å². The minimum Gasteiger partial charge on any atom is -0.493 e. The Hall–Kier alpha value is -3.39. The second-order valence-corrected chi connectivity index (χ2v) is 7.76. The average molecular weight is 456 g/mol. The maximum absolute atomic E-state index is 13.1. The van der Waals surface area contributed by atoms with Gasteiger partial charge in [0.2, 0.25) is 12.5 Å². The number of rotatable bonds is 10. The molecule has 0 unspecified atom stereocenters. The molecule has 0 saturated carbocycles. The molecule has 4 rings (SSSR count). The third-order valence-electron chi connectivity index (χ3n) is 5.72.